The van der Waals surface area contributed by atoms with Gasteiger partial charge >= 0.3 is 5.97 Å². The maximum Gasteiger partial charge on any atom is 0.341 e. The lowest BCUT2D eigenvalue weighted by Crippen LogP contribution is -2.17. The van der Waals surface area contributed by atoms with Crippen molar-refractivity contribution in [1.82, 2.24) is 9.97 Å². The van der Waals surface area contributed by atoms with E-state index in [1.54, 1.807) is 31.2 Å². The van der Waals surface area contributed by atoms with Crippen LogP contribution >= 0.6 is 11.6 Å². The number of hydrogen-bond acceptors (Lipinski definition) is 4. The Morgan fingerprint density at radius 1 is 1.24 bits per heavy atom. The molecule has 0 aliphatic rings. The number of aryl methyl sites for hydroxylation is 1. The van der Waals surface area contributed by atoms with E-state index in [0.29, 0.717) is 22.4 Å². The predicted molar refractivity (Wildman–Crippen MR) is 82.9 cm³/mol. The van der Waals surface area contributed by atoms with Gasteiger partial charge < -0.3 is 10.4 Å². The molecular formula is C15H16ClN3O2. The molecule has 0 radical (unpaired) electrons. The summed E-state index contributed by atoms with van der Waals surface area (Å²) in [6.45, 7) is 5.51. The van der Waals surface area contributed by atoms with Crippen LogP contribution in [0.3, 0.4) is 0 Å². The Labute approximate surface area is 128 Å². The molecule has 0 saturated carbocycles. The number of nitrogens with one attached hydrogen (secondary N) is 1. The molecule has 0 amide bonds. The van der Waals surface area contributed by atoms with E-state index < -0.39 is 5.97 Å². The molecule has 0 aliphatic heterocycles. The highest BCUT2D eigenvalue weighted by Crippen LogP contribution is 2.24. The van der Waals surface area contributed by atoms with Gasteiger partial charge in [-0.2, -0.15) is 0 Å². The van der Waals surface area contributed by atoms with Gasteiger partial charge in [0.05, 0.1) is 5.69 Å². The van der Waals surface area contributed by atoms with Gasteiger partial charge in [0.25, 0.3) is 0 Å². The second kappa shape index (κ2) is 6.10. The number of aromatic carboxylic acids is 1. The second-order valence-corrected chi connectivity index (χ2v) is 5.40. The van der Waals surface area contributed by atoms with Gasteiger partial charge in [0.1, 0.15) is 11.4 Å². The zero-order valence-corrected chi connectivity index (χ0v) is 12.8. The Bertz CT molecular complexity index is 669. The highest BCUT2D eigenvalue weighted by molar-refractivity contribution is 6.30. The maximum absolute atomic E-state index is 11.4. The summed E-state index contributed by atoms with van der Waals surface area (Å²) < 4.78 is 0. The lowest BCUT2D eigenvalue weighted by atomic mass is 10.1. The molecule has 0 aliphatic carbocycles. The van der Waals surface area contributed by atoms with E-state index >= 15 is 0 Å². The standard InChI is InChI=1S/C15H16ClN3O2/c1-8(2)17-14-12(15(20)21)9(3)18-13(19-14)10-4-6-11(16)7-5-10/h4-8H,1-3H3,(H,20,21)(H,17,18,19). The summed E-state index contributed by atoms with van der Waals surface area (Å²) in [5.41, 5.74) is 1.30. The van der Waals surface area contributed by atoms with E-state index in [1.165, 1.54) is 0 Å². The molecule has 0 spiro atoms. The SMILES string of the molecule is Cc1nc(-c2ccc(Cl)cc2)nc(NC(C)C)c1C(=O)O. The van der Waals surface area contributed by atoms with Crippen LogP contribution < -0.4 is 5.32 Å². The van der Waals surface area contributed by atoms with Crippen LogP contribution in [0.5, 0.6) is 0 Å². The third-order valence-corrected chi connectivity index (χ3v) is 3.08. The first-order valence-electron chi connectivity index (χ1n) is 6.53. The second-order valence-electron chi connectivity index (χ2n) is 4.97. The fourth-order valence-electron chi connectivity index (χ4n) is 1.93. The average Bonchev–Trinajstić information content (AvgIpc) is 2.37. The van der Waals surface area contributed by atoms with Crippen molar-refractivity contribution in [2.24, 2.45) is 0 Å². The Balaban J connectivity index is 2.56. The van der Waals surface area contributed by atoms with Gasteiger partial charge in [-0.3, -0.25) is 0 Å². The summed E-state index contributed by atoms with van der Waals surface area (Å²) in [5.74, 6) is -0.245. The number of carbonyl (C=O) groups is 1. The fraction of sp³-hybridized carbons (Fsp3) is 0.267. The Morgan fingerprint density at radius 2 is 1.86 bits per heavy atom. The van der Waals surface area contributed by atoms with Gasteiger partial charge in [0, 0.05) is 16.6 Å². The minimum Gasteiger partial charge on any atom is -0.477 e. The highest BCUT2D eigenvalue weighted by atomic mass is 35.5. The minimum atomic E-state index is -1.04. The Hall–Kier alpha value is -2.14. The molecule has 0 unspecified atom stereocenters. The molecule has 2 N–H and O–H groups in total. The van der Waals surface area contributed by atoms with Gasteiger partial charge in [-0.15, -0.1) is 0 Å². The van der Waals surface area contributed by atoms with Gasteiger partial charge in [0.15, 0.2) is 5.82 Å². The van der Waals surface area contributed by atoms with Crippen molar-refractivity contribution in [1.29, 1.82) is 0 Å². The molecule has 0 fully saturated rings. The first-order valence-corrected chi connectivity index (χ1v) is 6.90. The van der Waals surface area contributed by atoms with Crippen molar-refractivity contribution in [3.05, 3.63) is 40.5 Å². The number of rotatable bonds is 4. The fourth-order valence-corrected chi connectivity index (χ4v) is 2.06. The van der Waals surface area contributed by atoms with Crippen LogP contribution in [0.15, 0.2) is 24.3 Å². The number of carboxylic acid groups (broad SMARTS) is 1. The van der Waals surface area contributed by atoms with Crippen molar-refractivity contribution >= 4 is 23.4 Å². The Kier molecular flexibility index (Phi) is 4.43. The molecule has 1 heterocycles. The van der Waals surface area contributed by atoms with E-state index in [4.69, 9.17) is 11.6 Å². The van der Waals surface area contributed by atoms with Crippen LogP contribution in [0.4, 0.5) is 5.82 Å². The zero-order valence-electron chi connectivity index (χ0n) is 12.0. The van der Waals surface area contributed by atoms with E-state index in [2.05, 4.69) is 15.3 Å². The first kappa shape index (κ1) is 15.3. The summed E-state index contributed by atoms with van der Waals surface area (Å²) in [4.78, 5) is 20.0. The van der Waals surface area contributed by atoms with Gasteiger partial charge in [-0.05, 0) is 45.0 Å². The molecule has 1 aromatic carbocycles. The van der Waals surface area contributed by atoms with Gasteiger partial charge in [-0.25, -0.2) is 14.8 Å². The minimum absolute atomic E-state index is 0.0652. The van der Waals surface area contributed by atoms with Crippen LogP contribution in [0.2, 0.25) is 5.02 Å². The number of anilines is 1. The number of aromatic nitrogens is 2. The summed E-state index contributed by atoms with van der Waals surface area (Å²) in [7, 11) is 0. The zero-order chi connectivity index (χ0) is 15.6. The molecule has 1 aromatic heterocycles. The normalized spacial score (nSPS) is 10.7. The van der Waals surface area contributed by atoms with Crippen LogP contribution in [0, 0.1) is 6.92 Å². The van der Waals surface area contributed by atoms with Crippen LogP contribution in [0.1, 0.15) is 29.9 Å². The number of nitrogens with zero attached hydrogens (tertiary/aromatic N) is 2. The third-order valence-electron chi connectivity index (χ3n) is 2.83. The van der Waals surface area contributed by atoms with E-state index in [9.17, 15) is 9.90 Å². The highest BCUT2D eigenvalue weighted by Gasteiger charge is 2.19. The summed E-state index contributed by atoms with van der Waals surface area (Å²) in [6, 6.07) is 7.16. The molecule has 0 atom stereocenters. The molecule has 2 aromatic rings. The van der Waals surface area contributed by atoms with E-state index in [-0.39, 0.29) is 11.6 Å². The van der Waals surface area contributed by atoms with Crippen molar-refractivity contribution < 1.29 is 9.90 Å². The maximum atomic E-state index is 11.4. The van der Waals surface area contributed by atoms with Gasteiger partial charge in [-0.1, -0.05) is 11.6 Å². The largest absolute Gasteiger partial charge is 0.477 e. The number of carboxylic acids is 1. The van der Waals surface area contributed by atoms with Crippen LogP contribution in [-0.2, 0) is 0 Å². The molecule has 0 bridgehead atoms. The molecule has 6 heteroatoms. The van der Waals surface area contributed by atoms with Crippen molar-refractivity contribution in [3.8, 4) is 11.4 Å². The first-order chi connectivity index (χ1) is 9.88. The number of benzene rings is 1. The lowest BCUT2D eigenvalue weighted by molar-refractivity contribution is 0.0696. The van der Waals surface area contributed by atoms with Crippen molar-refractivity contribution in [2.75, 3.05) is 5.32 Å². The average molecular weight is 306 g/mol. The topological polar surface area (TPSA) is 75.1 Å². The monoisotopic (exact) mass is 305 g/mol. The molecule has 21 heavy (non-hydrogen) atoms. The smallest absolute Gasteiger partial charge is 0.341 e. The predicted octanol–water partition coefficient (Wildman–Crippen LogP) is 3.62. The molecule has 5 nitrogen and oxygen atoms in total. The molecule has 2 rings (SSSR count). The number of hydrogen-bond donors (Lipinski definition) is 2. The van der Waals surface area contributed by atoms with Crippen LogP contribution in [0.25, 0.3) is 11.4 Å². The van der Waals surface area contributed by atoms with Crippen molar-refractivity contribution in [3.63, 3.8) is 0 Å². The quantitative estimate of drug-likeness (QED) is 0.902. The summed E-state index contributed by atoms with van der Waals surface area (Å²) in [6.07, 6.45) is 0. The molecule has 110 valence electrons. The third kappa shape index (κ3) is 3.49. The number of halogens is 1. The summed E-state index contributed by atoms with van der Waals surface area (Å²) in [5, 5.41) is 13.0. The molecule has 0 saturated heterocycles. The van der Waals surface area contributed by atoms with Gasteiger partial charge in [0.2, 0.25) is 0 Å². The Morgan fingerprint density at radius 3 is 2.38 bits per heavy atom. The van der Waals surface area contributed by atoms with E-state index in [1.807, 2.05) is 13.8 Å². The summed E-state index contributed by atoms with van der Waals surface area (Å²) >= 11 is 5.87. The lowest BCUT2D eigenvalue weighted by Gasteiger charge is -2.14. The van der Waals surface area contributed by atoms with E-state index in [0.717, 1.165) is 5.56 Å². The molecular weight excluding hydrogens is 290 g/mol. The van der Waals surface area contributed by atoms with Crippen molar-refractivity contribution in [2.45, 2.75) is 26.8 Å². The van der Waals surface area contributed by atoms with Crippen LogP contribution in [-0.4, -0.2) is 27.1 Å².